The van der Waals surface area contributed by atoms with Crippen LogP contribution in [-0.2, 0) is 0 Å². The average Bonchev–Trinajstić information content (AvgIpc) is 3.43. The molecule has 0 unspecified atom stereocenters. The van der Waals surface area contributed by atoms with Crippen LogP contribution in [0.5, 0.6) is 11.5 Å². The Kier molecular flexibility index (Phi) is 5.20. The normalized spacial score (nSPS) is 14.5. The molecular formula is C41H35B2NO2. The lowest BCUT2D eigenvalue weighted by Crippen LogP contribution is -2.68. The van der Waals surface area contributed by atoms with Crippen molar-refractivity contribution in [3.8, 4) is 33.8 Å². The van der Waals surface area contributed by atoms with Crippen LogP contribution in [0.3, 0.4) is 0 Å². The molecule has 0 bridgehead atoms. The number of fused-ring (bicyclic) bond motifs is 11. The van der Waals surface area contributed by atoms with Crippen molar-refractivity contribution in [3.05, 3.63) is 102 Å². The van der Waals surface area contributed by atoms with Crippen LogP contribution in [0, 0.1) is 0 Å². The van der Waals surface area contributed by atoms with Crippen molar-refractivity contribution < 1.29 is 9.15 Å². The summed E-state index contributed by atoms with van der Waals surface area (Å²) in [6.45, 7) is 13.8. The maximum absolute atomic E-state index is 6.86. The summed E-state index contributed by atoms with van der Waals surface area (Å²) in [5.41, 5.74) is 19.1. The summed E-state index contributed by atoms with van der Waals surface area (Å²) in [5.74, 6) is 3.07. The molecule has 0 N–H and O–H groups in total. The van der Waals surface area contributed by atoms with Gasteiger partial charge in [-0.25, -0.2) is 0 Å². The van der Waals surface area contributed by atoms with Gasteiger partial charge in [-0.1, -0.05) is 96.1 Å². The molecule has 222 valence electrons. The van der Waals surface area contributed by atoms with E-state index in [-0.39, 0.29) is 13.6 Å². The van der Waals surface area contributed by atoms with Gasteiger partial charge in [-0.15, -0.1) is 0 Å². The average molecular weight is 595 g/mol. The first kappa shape index (κ1) is 26.6. The van der Waals surface area contributed by atoms with Crippen molar-refractivity contribution in [2.24, 2.45) is 0 Å². The highest BCUT2D eigenvalue weighted by Gasteiger charge is 2.53. The Morgan fingerprint density at radius 1 is 0.587 bits per heavy atom. The quantitative estimate of drug-likeness (QED) is 0.197. The third kappa shape index (κ3) is 3.26. The summed E-state index contributed by atoms with van der Waals surface area (Å²) in [6.07, 6.45) is 0. The topological polar surface area (TPSA) is 25.6 Å². The molecule has 10 rings (SSSR count). The van der Waals surface area contributed by atoms with Crippen molar-refractivity contribution >= 4 is 63.4 Å². The zero-order valence-corrected chi connectivity index (χ0v) is 27.2. The minimum absolute atomic E-state index is 0.0570. The fraction of sp³-hybridized carbons (Fsp3) is 0.220. The van der Waals surface area contributed by atoms with E-state index in [0.29, 0.717) is 17.8 Å². The van der Waals surface area contributed by atoms with E-state index in [2.05, 4.69) is 125 Å². The van der Waals surface area contributed by atoms with Crippen molar-refractivity contribution in [2.45, 2.75) is 59.3 Å². The Hall–Kier alpha value is -4.63. The van der Waals surface area contributed by atoms with E-state index in [1.165, 1.54) is 72.2 Å². The molecule has 5 heteroatoms. The predicted molar refractivity (Wildman–Crippen MR) is 194 cm³/mol. The van der Waals surface area contributed by atoms with Gasteiger partial charge in [0.15, 0.2) is 5.75 Å². The third-order valence-electron chi connectivity index (χ3n) is 11.0. The molecule has 0 atom stereocenters. The van der Waals surface area contributed by atoms with E-state index < -0.39 is 0 Å². The van der Waals surface area contributed by atoms with Gasteiger partial charge < -0.3 is 14.0 Å². The summed E-state index contributed by atoms with van der Waals surface area (Å²) >= 11 is 0. The second-order valence-electron chi connectivity index (χ2n) is 14.6. The van der Waals surface area contributed by atoms with Crippen LogP contribution in [0.25, 0.3) is 33.2 Å². The summed E-state index contributed by atoms with van der Waals surface area (Å²) in [6, 6.07) is 32.2. The molecule has 0 aliphatic carbocycles. The second kappa shape index (κ2) is 9.00. The Bertz CT molecular complexity index is 2310. The van der Waals surface area contributed by atoms with E-state index in [0.717, 1.165) is 28.1 Å². The first-order valence-corrected chi connectivity index (χ1v) is 16.9. The van der Waals surface area contributed by atoms with Crippen molar-refractivity contribution in [1.82, 2.24) is 0 Å². The van der Waals surface area contributed by atoms with Gasteiger partial charge >= 0.3 is 13.6 Å². The predicted octanol–water partition coefficient (Wildman–Crippen LogP) is 7.64. The highest BCUT2D eigenvalue weighted by atomic mass is 16.5. The Morgan fingerprint density at radius 3 is 1.91 bits per heavy atom. The molecule has 4 aliphatic heterocycles. The lowest BCUT2D eigenvalue weighted by Gasteiger charge is -2.50. The van der Waals surface area contributed by atoms with Gasteiger partial charge in [0, 0.05) is 28.0 Å². The first-order valence-electron chi connectivity index (χ1n) is 16.9. The molecular weight excluding hydrogens is 560 g/mol. The van der Waals surface area contributed by atoms with E-state index in [4.69, 9.17) is 9.15 Å². The number of rotatable bonds is 3. The minimum Gasteiger partial charge on any atom is -0.466 e. The Morgan fingerprint density at radius 2 is 1.22 bits per heavy atom. The molecule has 0 radical (unpaired) electrons. The molecule has 1 aromatic heterocycles. The standard InChI is InChI=1S/C41H35B2NO2/c1-21(2)24-11-13-27-29-15-16-36-37-39(29)44-38-31(28-14-12-25(22(3)4)19-33(28)43(44)32(27)18-24)17-26(23(5)6)20-34(38)42(37)41-40(45-36)30-9-7-8-10-35(30)46-41/h7-23H,1-6H3. The summed E-state index contributed by atoms with van der Waals surface area (Å²) in [4.78, 5) is 2.69. The van der Waals surface area contributed by atoms with Gasteiger partial charge in [-0.05, 0) is 92.3 Å². The van der Waals surface area contributed by atoms with Gasteiger partial charge in [-0.2, -0.15) is 0 Å². The largest absolute Gasteiger partial charge is 0.466 e. The number of anilines is 2. The smallest absolute Gasteiger partial charge is 0.329 e. The number of hydrogen-bond donors (Lipinski definition) is 0. The first-order chi connectivity index (χ1) is 22.3. The molecule has 0 saturated heterocycles. The SMILES string of the molecule is CC(C)c1ccc2c(c1)B1c3cc(C(C)C)ccc3-c3ccc4c5c3N1c1c(cc(C(C)C)cc1-2)B5c1oc2ccccc2c1O4. The molecule has 4 aliphatic rings. The summed E-state index contributed by atoms with van der Waals surface area (Å²) in [7, 11) is 0. The highest BCUT2D eigenvalue weighted by Crippen LogP contribution is 2.50. The van der Waals surface area contributed by atoms with Gasteiger partial charge in [0.05, 0.1) is 5.39 Å². The van der Waals surface area contributed by atoms with Gasteiger partial charge in [0.1, 0.15) is 17.0 Å². The van der Waals surface area contributed by atoms with Crippen LogP contribution in [-0.4, -0.2) is 13.6 Å². The lowest BCUT2D eigenvalue weighted by atomic mass is 9.32. The molecule has 0 fully saturated rings. The fourth-order valence-electron chi connectivity index (χ4n) is 8.66. The summed E-state index contributed by atoms with van der Waals surface area (Å²) < 4.78 is 13.7. The van der Waals surface area contributed by atoms with Gasteiger partial charge in [-0.3, -0.25) is 0 Å². The molecule has 46 heavy (non-hydrogen) atoms. The van der Waals surface area contributed by atoms with E-state index in [9.17, 15) is 0 Å². The Balaban J connectivity index is 1.39. The van der Waals surface area contributed by atoms with E-state index >= 15 is 0 Å². The molecule has 3 nitrogen and oxygen atoms in total. The van der Waals surface area contributed by atoms with Crippen LogP contribution < -0.4 is 37.1 Å². The van der Waals surface area contributed by atoms with Crippen LogP contribution in [0.2, 0.25) is 0 Å². The van der Waals surface area contributed by atoms with Crippen molar-refractivity contribution in [2.75, 3.05) is 4.81 Å². The third-order valence-corrected chi connectivity index (χ3v) is 11.0. The van der Waals surface area contributed by atoms with E-state index in [1.807, 2.05) is 6.07 Å². The molecule has 0 saturated carbocycles. The maximum Gasteiger partial charge on any atom is 0.329 e. The van der Waals surface area contributed by atoms with Gasteiger partial charge in [0.2, 0.25) is 0 Å². The van der Waals surface area contributed by atoms with Crippen LogP contribution in [0.15, 0.2) is 89.3 Å². The zero-order valence-electron chi connectivity index (χ0n) is 27.2. The molecule has 5 heterocycles. The molecule has 0 amide bonds. The van der Waals surface area contributed by atoms with Crippen LogP contribution >= 0.6 is 0 Å². The minimum atomic E-state index is -0.0570. The van der Waals surface area contributed by atoms with Crippen LogP contribution in [0.1, 0.15) is 76.0 Å². The second-order valence-corrected chi connectivity index (χ2v) is 14.6. The lowest BCUT2D eigenvalue weighted by molar-refractivity contribution is 0.482. The van der Waals surface area contributed by atoms with Crippen LogP contribution in [0.4, 0.5) is 11.4 Å². The summed E-state index contributed by atoms with van der Waals surface area (Å²) in [5, 5.41) is 1.04. The van der Waals surface area contributed by atoms with Gasteiger partial charge in [0.25, 0.3) is 0 Å². The number of nitrogens with zero attached hydrogens (tertiary/aromatic N) is 1. The number of hydrogen-bond acceptors (Lipinski definition) is 3. The monoisotopic (exact) mass is 595 g/mol. The number of furan rings is 1. The molecule has 0 spiro atoms. The molecule has 5 aromatic carbocycles. The van der Waals surface area contributed by atoms with E-state index in [1.54, 1.807) is 0 Å². The highest BCUT2D eigenvalue weighted by molar-refractivity contribution is 7.02. The molecule has 6 aromatic rings. The zero-order chi connectivity index (χ0) is 31.2. The number of benzene rings is 5. The Labute approximate surface area is 271 Å². The maximum atomic E-state index is 6.86. The van der Waals surface area contributed by atoms with Crippen molar-refractivity contribution in [1.29, 1.82) is 0 Å². The number of ether oxygens (including phenoxy) is 1. The van der Waals surface area contributed by atoms with Crippen molar-refractivity contribution in [3.63, 3.8) is 0 Å². The number of para-hydroxylation sites is 1. The fourth-order valence-corrected chi connectivity index (χ4v) is 8.66.